The van der Waals surface area contributed by atoms with Crippen molar-refractivity contribution in [3.63, 3.8) is 0 Å². The molecule has 0 radical (unpaired) electrons. The van der Waals surface area contributed by atoms with Gasteiger partial charge in [-0.05, 0) is 26.7 Å². The monoisotopic (exact) mass is 208 g/mol. The van der Waals surface area contributed by atoms with Crippen LogP contribution in [0.15, 0.2) is 6.20 Å². The van der Waals surface area contributed by atoms with E-state index in [1.54, 1.807) is 6.20 Å². The second-order valence-corrected chi connectivity index (χ2v) is 4.42. The molecular weight excluding hydrogens is 192 g/mol. The molecule has 0 atom stereocenters. The molecule has 1 fully saturated rings. The van der Waals surface area contributed by atoms with Gasteiger partial charge in [-0.15, -0.1) is 0 Å². The zero-order valence-corrected chi connectivity index (χ0v) is 9.10. The lowest BCUT2D eigenvalue weighted by Crippen LogP contribution is -2.12. The van der Waals surface area contributed by atoms with Crippen LogP contribution < -0.4 is 0 Å². The Balaban J connectivity index is 2.32. The van der Waals surface area contributed by atoms with Crippen molar-refractivity contribution in [1.29, 1.82) is 0 Å². The van der Waals surface area contributed by atoms with Crippen molar-refractivity contribution in [2.45, 2.75) is 45.1 Å². The van der Waals surface area contributed by atoms with Gasteiger partial charge in [-0.2, -0.15) is 0 Å². The van der Waals surface area contributed by atoms with Crippen LogP contribution in [0.1, 0.15) is 50.2 Å². The quantitative estimate of drug-likeness (QED) is 0.823. The van der Waals surface area contributed by atoms with Crippen LogP contribution in [0, 0.1) is 0 Å². The van der Waals surface area contributed by atoms with Gasteiger partial charge in [0.05, 0.1) is 6.42 Å². The van der Waals surface area contributed by atoms with E-state index in [4.69, 9.17) is 5.11 Å². The molecule has 82 valence electrons. The van der Waals surface area contributed by atoms with Crippen LogP contribution >= 0.6 is 0 Å². The molecule has 15 heavy (non-hydrogen) atoms. The molecule has 4 nitrogen and oxygen atoms in total. The van der Waals surface area contributed by atoms with E-state index in [1.165, 1.54) is 12.8 Å². The summed E-state index contributed by atoms with van der Waals surface area (Å²) in [6, 6.07) is 0.289. The maximum absolute atomic E-state index is 10.7. The summed E-state index contributed by atoms with van der Waals surface area (Å²) in [6.45, 7) is 4.14. The fourth-order valence-electron chi connectivity index (χ4n) is 1.94. The molecule has 0 saturated heterocycles. The maximum atomic E-state index is 10.7. The lowest BCUT2D eigenvalue weighted by atomic mass is 10.2. The minimum Gasteiger partial charge on any atom is -0.481 e. The van der Waals surface area contributed by atoms with Gasteiger partial charge < -0.3 is 9.67 Å². The average molecular weight is 208 g/mol. The summed E-state index contributed by atoms with van der Waals surface area (Å²) in [5, 5.41) is 8.80. The van der Waals surface area contributed by atoms with Crippen molar-refractivity contribution in [1.82, 2.24) is 9.55 Å². The lowest BCUT2D eigenvalue weighted by molar-refractivity contribution is -0.136. The van der Waals surface area contributed by atoms with Crippen LogP contribution in [0.25, 0.3) is 0 Å². The van der Waals surface area contributed by atoms with Crippen molar-refractivity contribution < 1.29 is 9.90 Å². The highest BCUT2D eigenvalue weighted by Crippen LogP contribution is 2.40. The smallest absolute Gasteiger partial charge is 0.309 e. The van der Waals surface area contributed by atoms with Crippen LogP contribution in [0.3, 0.4) is 0 Å². The first-order chi connectivity index (χ1) is 7.09. The van der Waals surface area contributed by atoms with Gasteiger partial charge in [0.2, 0.25) is 0 Å². The summed E-state index contributed by atoms with van der Waals surface area (Å²) in [4.78, 5) is 15.0. The van der Waals surface area contributed by atoms with Gasteiger partial charge in [-0.25, -0.2) is 4.98 Å². The van der Waals surface area contributed by atoms with Crippen LogP contribution in [0.4, 0.5) is 0 Å². The molecule has 1 N–H and O–H groups in total. The molecule has 0 spiro atoms. The Morgan fingerprint density at radius 3 is 2.80 bits per heavy atom. The van der Waals surface area contributed by atoms with Gasteiger partial charge >= 0.3 is 5.97 Å². The first kappa shape index (κ1) is 10.2. The Kier molecular flexibility index (Phi) is 2.50. The third kappa shape index (κ3) is 2.03. The number of nitrogens with zero attached hydrogens (tertiary/aromatic N) is 2. The highest BCUT2D eigenvalue weighted by Gasteiger charge is 2.30. The van der Waals surface area contributed by atoms with Gasteiger partial charge in [-0.1, -0.05) is 0 Å². The molecule has 1 aliphatic carbocycles. The Bertz CT molecular complexity index is 378. The maximum Gasteiger partial charge on any atom is 0.309 e. The number of aliphatic carboxylic acids is 1. The van der Waals surface area contributed by atoms with Gasteiger partial charge in [-0.3, -0.25) is 4.79 Å². The minimum absolute atomic E-state index is 0.0674. The van der Waals surface area contributed by atoms with Crippen LogP contribution in [0.2, 0.25) is 0 Å². The molecule has 1 saturated carbocycles. The van der Waals surface area contributed by atoms with E-state index in [-0.39, 0.29) is 12.5 Å². The highest BCUT2D eigenvalue weighted by molar-refractivity contribution is 5.69. The number of carboxylic acids is 1. The van der Waals surface area contributed by atoms with E-state index in [0.29, 0.717) is 5.92 Å². The van der Waals surface area contributed by atoms with Crippen LogP contribution in [-0.4, -0.2) is 20.6 Å². The number of aromatic nitrogens is 2. The van der Waals surface area contributed by atoms with Crippen LogP contribution in [0.5, 0.6) is 0 Å². The predicted molar refractivity (Wildman–Crippen MR) is 55.9 cm³/mol. The van der Waals surface area contributed by atoms with Gasteiger partial charge in [0.1, 0.15) is 5.82 Å². The Morgan fingerprint density at radius 1 is 1.67 bits per heavy atom. The van der Waals surface area contributed by atoms with Gasteiger partial charge in [0.15, 0.2) is 0 Å². The van der Waals surface area contributed by atoms with Gasteiger partial charge in [0.25, 0.3) is 0 Å². The first-order valence-electron chi connectivity index (χ1n) is 5.37. The van der Waals surface area contributed by atoms with Crippen molar-refractivity contribution in [3.05, 3.63) is 17.7 Å². The summed E-state index contributed by atoms with van der Waals surface area (Å²) >= 11 is 0. The summed E-state index contributed by atoms with van der Waals surface area (Å²) in [6.07, 6.45) is 4.16. The zero-order chi connectivity index (χ0) is 11.0. The Morgan fingerprint density at radius 2 is 2.33 bits per heavy atom. The lowest BCUT2D eigenvalue weighted by Gasteiger charge is -2.14. The first-order valence-corrected chi connectivity index (χ1v) is 5.37. The zero-order valence-electron chi connectivity index (χ0n) is 9.10. The number of rotatable bonds is 4. The largest absolute Gasteiger partial charge is 0.481 e. The summed E-state index contributed by atoms with van der Waals surface area (Å²) in [5.74, 6) is 0.843. The molecule has 0 amide bonds. The van der Waals surface area contributed by atoms with E-state index >= 15 is 0 Å². The molecule has 1 aromatic heterocycles. The minimum atomic E-state index is -0.792. The standard InChI is InChI=1S/C11H16N2O2/c1-7(2)13-9(5-10(14)15)6-12-11(13)8-3-4-8/h6-8H,3-5H2,1-2H3,(H,14,15). The molecule has 1 aromatic rings. The van der Waals surface area contributed by atoms with Crippen LogP contribution in [-0.2, 0) is 11.2 Å². The van der Waals surface area contributed by atoms with E-state index in [9.17, 15) is 4.79 Å². The summed E-state index contributed by atoms with van der Waals surface area (Å²) < 4.78 is 2.08. The molecule has 1 aliphatic rings. The Labute approximate surface area is 88.9 Å². The molecule has 0 unspecified atom stereocenters. The molecule has 4 heteroatoms. The topological polar surface area (TPSA) is 55.1 Å². The third-order valence-corrected chi connectivity index (χ3v) is 2.69. The van der Waals surface area contributed by atoms with Crippen molar-refractivity contribution >= 4 is 5.97 Å². The molecule has 2 rings (SSSR count). The molecule has 0 aliphatic heterocycles. The SMILES string of the molecule is CC(C)n1c(CC(=O)O)cnc1C1CC1. The number of hydrogen-bond donors (Lipinski definition) is 1. The summed E-state index contributed by atoms with van der Waals surface area (Å²) in [5.41, 5.74) is 0.819. The molecule has 0 bridgehead atoms. The number of carbonyl (C=O) groups is 1. The molecule has 1 heterocycles. The second kappa shape index (κ2) is 3.68. The number of carboxylic acid groups (broad SMARTS) is 1. The van der Waals surface area contributed by atoms with E-state index in [0.717, 1.165) is 11.5 Å². The Hall–Kier alpha value is -1.32. The van der Waals surface area contributed by atoms with Crippen molar-refractivity contribution in [2.24, 2.45) is 0 Å². The van der Waals surface area contributed by atoms with Gasteiger partial charge in [0, 0.05) is 23.9 Å². The fraction of sp³-hybridized carbons (Fsp3) is 0.636. The molecule has 0 aromatic carbocycles. The van der Waals surface area contributed by atoms with E-state index in [1.807, 2.05) is 0 Å². The number of hydrogen-bond acceptors (Lipinski definition) is 2. The fourth-order valence-corrected chi connectivity index (χ4v) is 1.94. The normalized spacial score (nSPS) is 15.9. The summed E-state index contributed by atoms with van der Waals surface area (Å²) in [7, 11) is 0. The average Bonchev–Trinajstić information content (AvgIpc) is 2.87. The molecular formula is C11H16N2O2. The van der Waals surface area contributed by atoms with E-state index in [2.05, 4.69) is 23.4 Å². The number of imidazole rings is 1. The van der Waals surface area contributed by atoms with Crippen molar-refractivity contribution in [2.75, 3.05) is 0 Å². The van der Waals surface area contributed by atoms with Crippen molar-refractivity contribution in [3.8, 4) is 0 Å². The van der Waals surface area contributed by atoms with E-state index < -0.39 is 5.97 Å². The highest BCUT2D eigenvalue weighted by atomic mass is 16.4. The second-order valence-electron chi connectivity index (χ2n) is 4.42. The predicted octanol–water partition coefficient (Wildman–Crippen LogP) is 1.97. The third-order valence-electron chi connectivity index (χ3n) is 2.69.